The van der Waals surface area contributed by atoms with Crippen molar-refractivity contribution >= 4 is 15.8 Å². The first-order chi connectivity index (χ1) is 18.6. The SMILES string of the molecule is COc1ccc([C@@H]2C3=C(CCCC3=O)N(S(=O)(=O)c3ccc(C)cc3)[C@H](c3ccc(C)cc3)[C@H]2[N+](=O)[O-])cc1. The molecule has 9 heteroatoms. The van der Waals surface area contributed by atoms with Gasteiger partial charge in [0.15, 0.2) is 5.78 Å². The number of carbonyl (C=O) groups is 1. The number of benzene rings is 3. The van der Waals surface area contributed by atoms with Gasteiger partial charge < -0.3 is 4.74 Å². The van der Waals surface area contributed by atoms with Gasteiger partial charge in [0, 0.05) is 22.6 Å². The minimum absolute atomic E-state index is 0.0279. The zero-order chi connectivity index (χ0) is 27.9. The van der Waals surface area contributed by atoms with Gasteiger partial charge in [-0.2, -0.15) is 0 Å². The predicted molar refractivity (Wildman–Crippen MR) is 147 cm³/mol. The van der Waals surface area contributed by atoms with E-state index in [1.165, 1.54) is 23.5 Å². The van der Waals surface area contributed by atoms with Crippen LogP contribution in [0, 0.1) is 24.0 Å². The summed E-state index contributed by atoms with van der Waals surface area (Å²) in [6, 6.07) is 17.8. The molecule has 1 aliphatic heterocycles. The number of allylic oxidation sites excluding steroid dienone is 1. The molecule has 0 aromatic heterocycles. The van der Waals surface area contributed by atoms with E-state index in [1.54, 1.807) is 48.5 Å². The standard InChI is InChI=1S/C30H30N2O6S/c1-19-7-11-22(12-8-19)29-30(32(34)35)27(21-13-15-23(38-3)16-14-21)28-25(5-4-6-26(28)33)31(29)39(36,37)24-17-9-20(2)10-18-24/h7-18,27,29-30H,4-6H2,1-3H3/t27-,29-,30+/m1/s1. The monoisotopic (exact) mass is 546 g/mol. The summed E-state index contributed by atoms with van der Waals surface area (Å²) in [5.41, 5.74) is 3.46. The lowest BCUT2D eigenvalue weighted by Crippen LogP contribution is -2.52. The Kier molecular flexibility index (Phi) is 7.03. The van der Waals surface area contributed by atoms with E-state index in [2.05, 4.69) is 0 Å². The quantitative estimate of drug-likeness (QED) is 0.299. The lowest BCUT2D eigenvalue weighted by atomic mass is 9.72. The first-order valence-corrected chi connectivity index (χ1v) is 14.3. The van der Waals surface area contributed by atoms with E-state index in [1.807, 2.05) is 26.0 Å². The van der Waals surface area contributed by atoms with Crippen molar-refractivity contribution in [2.24, 2.45) is 0 Å². The number of hydrogen-bond donors (Lipinski definition) is 0. The number of methoxy groups -OCH3 is 1. The average Bonchev–Trinajstić information content (AvgIpc) is 2.92. The van der Waals surface area contributed by atoms with Crippen molar-refractivity contribution in [1.29, 1.82) is 0 Å². The molecular formula is C30H30N2O6S. The number of ether oxygens (including phenoxy) is 1. The molecule has 202 valence electrons. The molecule has 0 fully saturated rings. The van der Waals surface area contributed by atoms with E-state index in [9.17, 15) is 23.3 Å². The van der Waals surface area contributed by atoms with Crippen molar-refractivity contribution in [2.45, 2.75) is 56.0 Å². The number of nitrogens with zero attached hydrogens (tertiary/aromatic N) is 2. The second-order valence-corrected chi connectivity index (χ2v) is 11.9. The Hall–Kier alpha value is -3.98. The predicted octanol–water partition coefficient (Wildman–Crippen LogP) is 5.49. The largest absolute Gasteiger partial charge is 0.497 e. The maximum atomic E-state index is 14.3. The van der Waals surface area contributed by atoms with Crippen molar-refractivity contribution in [3.63, 3.8) is 0 Å². The molecular weight excluding hydrogens is 516 g/mol. The Labute approximate surface area is 228 Å². The van der Waals surface area contributed by atoms with Gasteiger partial charge >= 0.3 is 0 Å². The molecule has 2 aliphatic rings. The van der Waals surface area contributed by atoms with Gasteiger partial charge in [-0.15, -0.1) is 0 Å². The van der Waals surface area contributed by atoms with Gasteiger partial charge in [-0.25, -0.2) is 8.42 Å². The topological polar surface area (TPSA) is 107 Å². The van der Waals surface area contributed by atoms with Gasteiger partial charge in [0.05, 0.1) is 17.9 Å². The number of Topliss-reactive ketones (excluding diaryl/α,β-unsaturated/α-hetero) is 1. The average molecular weight is 547 g/mol. The molecule has 0 bridgehead atoms. The molecule has 5 rings (SSSR count). The lowest BCUT2D eigenvalue weighted by molar-refractivity contribution is -0.534. The minimum Gasteiger partial charge on any atom is -0.497 e. The molecule has 0 unspecified atom stereocenters. The van der Waals surface area contributed by atoms with Crippen molar-refractivity contribution in [3.8, 4) is 5.75 Å². The number of rotatable bonds is 6. The summed E-state index contributed by atoms with van der Waals surface area (Å²) < 4.78 is 35.2. The van der Waals surface area contributed by atoms with Crippen LogP contribution in [0.5, 0.6) is 5.75 Å². The van der Waals surface area contributed by atoms with E-state index < -0.39 is 32.9 Å². The third kappa shape index (κ3) is 4.71. The summed E-state index contributed by atoms with van der Waals surface area (Å²) >= 11 is 0. The van der Waals surface area contributed by atoms with Crippen LogP contribution in [-0.2, 0) is 14.8 Å². The van der Waals surface area contributed by atoms with Crippen molar-refractivity contribution in [2.75, 3.05) is 7.11 Å². The summed E-state index contributed by atoms with van der Waals surface area (Å²) in [6.45, 7) is 3.76. The van der Waals surface area contributed by atoms with Crippen LogP contribution in [0.25, 0.3) is 0 Å². The molecule has 0 saturated carbocycles. The van der Waals surface area contributed by atoms with Crippen LogP contribution in [0.3, 0.4) is 0 Å². The van der Waals surface area contributed by atoms with E-state index in [4.69, 9.17) is 4.74 Å². The Morgan fingerprint density at radius 2 is 1.44 bits per heavy atom. The Balaban J connectivity index is 1.83. The number of carbonyl (C=O) groups excluding carboxylic acids is 1. The zero-order valence-electron chi connectivity index (χ0n) is 22.0. The van der Waals surface area contributed by atoms with Gasteiger partial charge in [-0.05, 0) is 62.1 Å². The third-order valence-corrected chi connectivity index (χ3v) is 9.47. The molecule has 0 saturated heterocycles. The normalized spacial score (nSPS) is 21.5. The van der Waals surface area contributed by atoms with Crippen molar-refractivity contribution < 1.29 is 22.9 Å². The highest BCUT2D eigenvalue weighted by Gasteiger charge is 2.56. The molecule has 0 spiro atoms. The molecule has 8 nitrogen and oxygen atoms in total. The smallest absolute Gasteiger partial charge is 0.264 e. The van der Waals surface area contributed by atoms with Gasteiger partial charge in [-0.1, -0.05) is 59.7 Å². The summed E-state index contributed by atoms with van der Waals surface area (Å²) in [5.74, 6) is -0.602. The highest BCUT2D eigenvalue weighted by atomic mass is 32.2. The molecule has 1 heterocycles. The van der Waals surface area contributed by atoms with Crippen molar-refractivity contribution in [3.05, 3.63) is 116 Å². The molecule has 1 aliphatic carbocycles. The Bertz CT molecular complexity index is 1540. The molecule has 0 amide bonds. The van der Waals surface area contributed by atoms with Crippen LogP contribution in [0.1, 0.15) is 53.5 Å². The maximum Gasteiger partial charge on any atom is 0.264 e. The number of aryl methyl sites for hydroxylation is 2. The Morgan fingerprint density at radius 3 is 2.00 bits per heavy atom. The molecule has 3 aromatic carbocycles. The summed E-state index contributed by atoms with van der Waals surface area (Å²) in [5, 5.41) is 13.0. The minimum atomic E-state index is -4.26. The molecule has 3 atom stereocenters. The van der Waals surface area contributed by atoms with Crippen molar-refractivity contribution in [1.82, 2.24) is 4.31 Å². The van der Waals surface area contributed by atoms with Crippen LogP contribution < -0.4 is 4.74 Å². The van der Waals surface area contributed by atoms with E-state index in [-0.39, 0.29) is 22.7 Å². The number of sulfonamides is 1. The molecule has 0 N–H and O–H groups in total. The maximum absolute atomic E-state index is 14.3. The fraction of sp³-hybridized carbons (Fsp3) is 0.300. The van der Waals surface area contributed by atoms with Crippen LogP contribution in [-0.4, -0.2) is 36.6 Å². The number of ketones is 1. The van der Waals surface area contributed by atoms with E-state index >= 15 is 0 Å². The van der Waals surface area contributed by atoms with Crippen LogP contribution in [0.2, 0.25) is 0 Å². The summed E-state index contributed by atoms with van der Waals surface area (Å²) in [7, 11) is -2.73. The Morgan fingerprint density at radius 1 is 0.872 bits per heavy atom. The van der Waals surface area contributed by atoms with E-state index in [0.717, 1.165) is 11.1 Å². The second kappa shape index (κ2) is 10.3. The molecule has 0 radical (unpaired) electrons. The van der Waals surface area contributed by atoms with Crippen LogP contribution in [0.4, 0.5) is 0 Å². The van der Waals surface area contributed by atoms with Crippen LogP contribution in [0.15, 0.2) is 89.0 Å². The van der Waals surface area contributed by atoms with Crippen LogP contribution >= 0.6 is 0 Å². The third-order valence-electron chi connectivity index (χ3n) is 7.64. The van der Waals surface area contributed by atoms with Gasteiger partial charge in [0.25, 0.3) is 10.0 Å². The first-order valence-electron chi connectivity index (χ1n) is 12.8. The van der Waals surface area contributed by atoms with Gasteiger partial charge in [0.2, 0.25) is 6.04 Å². The first kappa shape index (κ1) is 26.6. The summed E-state index contributed by atoms with van der Waals surface area (Å²) in [6.07, 6.45) is 1.01. The zero-order valence-corrected chi connectivity index (χ0v) is 22.9. The van der Waals surface area contributed by atoms with E-state index in [0.29, 0.717) is 35.4 Å². The number of nitro groups is 1. The lowest BCUT2D eigenvalue weighted by Gasteiger charge is -2.45. The highest BCUT2D eigenvalue weighted by molar-refractivity contribution is 7.89. The van der Waals surface area contributed by atoms with Gasteiger partial charge in [0.1, 0.15) is 11.8 Å². The number of hydrogen-bond acceptors (Lipinski definition) is 6. The molecule has 39 heavy (non-hydrogen) atoms. The summed E-state index contributed by atoms with van der Waals surface area (Å²) in [4.78, 5) is 26.1. The van der Waals surface area contributed by atoms with Gasteiger partial charge in [-0.3, -0.25) is 19.2 Å². The second-order valence-electron chi connectivity index (χ2n) is 10.1. The fourth-order valence-corrected chi connectivity index (χ4v) is 7.45. The fourth-order valence-electron chi connectivity index (χ4n) is 5.71. The molecule has 3 aromatic rings. The highest BCUT2D eigenvalue weighted by Crippen LogP contribution is 2.51.